The van der Waals surface area contributed by atoms with E-state index in [1.54, 1.807) is 11.0 Å². The van der Waals surface area contributed by atoms with Crippen molar-refractivity contribution in [3.63, 3.8) is 0 Å². The summed E-state index contributed by atoms with van der Waals surface area (Å²) in [6.07, 6.45) is -0.0965. The van der Waals surface area contributed by atoms with Gasteiger partial charge in [-0.1, -0.05) is 6.07 Å². The molecule has 4 aliphatic heterocycles. The first-order chi connectivity index (χ1) is 20.5. The quantitative estimate of drug-likeness (QED) is 0.441. The van der Waals surface area contributed by atoms with E-state index in [0.717, 1.165) is 43.8 Å². The van der Waals surface area contributed by atoms with Crippen LogP contribution in [0.5, 0.6) is 0 Å². The minimum Gasteiger partial charge on any atom is -0.444 e. The molecule has 3 fully saturated rings. The number of carbonyl (C=O) groups is 1. The molecule has 1 aromatic heterocycles. The molecule has 1 amide bonds. The van der Waals surface area contributed by atoms with Gasteiger partial charge in [0, 0.05) is 55.2 Å². The highest BCUT2D eigenvalue weighted by Crippen LogP contribution is 2.43. The number of carbonyl (C=O) groups excluding carboxylic acids is 1. The summed E-state index contributed by atoms with van der Waals surface area (Å²) in [5, 5.41) is 10.5. The first-order valence-corrected chi connectivity index (χ1v) is 14.8. The second-order valence-corrected chi connectivity index (χ2v) is 13.2. The third-order valence-electron chi connectivity index (χ3n) is 9.06. The Labute approximate surface area is 248 Å². The predicted octanol–water partition coefficient (Wildman–Crippen LogP) is 4.70. The van der Waals surface area contributed by atoms with Crippen molar-refractivity contribution in [2.45, 2.75) is 57.5 Å². The Balaban J connectivity index is 1.07. The molecule has 0 aliphatic carbocycles. The van der Waals surface area contributed by atoms with Gasteiger partial charge in [-0.3, -0.25) is 9.88 Å². The van der Waals surface area contributed by atoms with Gasteiger partial charge < -0.3 is 24.2 Å². The smallest absolute Gasteiger partial charge is 0.410 e. The first kappa shape index (κ1) is 25.8. The summed E-state index contributed by atoms with van der Waals surface area (Å²) < 4.78 is 19.8. The zero-order valence-corrected chi connectivity index (χ0v) is 24.8. The molecule has 7 rings (SSSR count). The fourth-order valence-corrected chi connectivity index (χ4v) is 7.13. The molecule has 0 radical (unpaired) electrons. The molecule has 218 valence electrons. The Kier molecular flexibility index (Phi) is 6.06. The highest BCUT2D eigenvalue weighted by Gasteiger charge is 2.49. The van der Waals surface area contributed by atoms with Crippen molar-refractivity contribution in [2.75, 3.05) is 55.7 Å². The number of fused-ring (bicyclic) bond motifs is 4. The lowest BCUT2D eigenvalue weighted by molar-refractivity contribution is -0.121. The summed E-state index contributed by atoms with van der Waals surface area (Å²) in [5.74, 6) is 0. The first-order valence-electron chi connectivity index (χ1n) is 15.3. The Bertz CT molecular complexity index is 1640. The van der Waals surface area contributed by atoms with Crippen molar-refractivity contribution in [1.82, 2.24) is 14.8 Å². The Hall–Kier alpha value is -3.87. The maximum atomic E-state index is 12.7. The number of benzene rings is 2. The lowest BCUT2D eigenvalue weighted by atomic mass is 9.90. The summed E-state index contributed by atoms with van der Waals surface area (Å²) >= 11 is 0. The lowest BCUT2D eigenvalue weighted by Crippen LogP contribution is -2.71. The van der Waals surface area contributed by atoms with Crippen molar-refractivity contribution in [3.8, 4) is 6.07 Å². The van der Waals surface area contributed by atoms with E-state index < -0.39 is 5.60 Å². The number of ether oxygens (including phenoxy) is 2. The normalized spacial score (nSPS) is 23.7. The van der Waals surface area contributed by atoms with Gasteiger partial charge in [0.25, 0.3) is 0 Å². The molecule has 0 bridgehead atoms. The van der Waals surface area contributed by atoms with Crippen LogP contribution in [0.15, 0.2) is 48.6 Å². The number of aromatic nitrogens is 1. The summed E-state index contributed by atoms with van der Waals surface area (Å²) in [4.78, 5) is 26.2. The summed E-state index contributed by atoms with van der Waals surface area (Å²) in [6.45, 7) is 13.8. The van der Waals surface area contributed by atoms with E-state index in [0.29, 0.717) is 36.8 Å². The third-order valence-corrected chi connectivity index (χ3v) is 9.06. The molecule has 1 spiro atoms. The van der Waals surface area contributed by atoms with Crippen LogP contribution in [0, 0.1) is 11.3 Å². The maximum Gasteiger partial charge on any atom is 0.410 e. The monoisotopic (exact) mass is 567 g/mol. The van der Waals surface area contributed by atoms with Crippen LogP contribution < -0.4 is 9.80 Å². The SMILES string of the molecule is [2H]c1ccc2c(N3C[C@@H](C)N4Cc5cc(N6CC7(CN(C(=O)OC(C)(C)C)CCO7)C6)ccc5[C@H]4C3)ccc(C#N)c2n1. The van der Waals surface area contributed by atoms with Gasteiger partial charge in [-0.2, -0.15) is 5.26 Å². The van der Waals surface area contributed by atoms with Crippen LogP contribution in [0.1, 0.15) is 51.8 Å². The zero-order valence-electron chi connectivity index (χ0n) is 25.8. The number of amides is 1. The van der Waals surface area contributed by atoms with Crippen LogP contribution in [0.4, 0.5) is 16.2 Å². The van der Waals surface area contributed by atoms with Crippen LogP contribution in [0.3, 0.4) is 0 Å². The number of hydrogen-bond acceptors (Lipinski definition) is 8. The molecule has 2 atom stereocenters. The van der Waals surface area contributed by atoms with Gasteiger partial charge in [-0.05, 0) is 75.2 Å². The van der Waals surface area contributed by atoms with Gasteiger partial charge in [-0.25, -0.2) is 4.79 Å². The topological polar surface area (TPSA) is 85.2 Å². The molecule has 3 saturated heterocycles. The lowest BCUT2D eigenvalue weighted by Gasteiger charge is -2.54. The number of hydrogen-bond donors (Lipinski definition) is 0. The van der Waals surface area contributed by atoms with Crippen molar-refractivity contribution >= 4 is 28.4 Å². The van der Waals surface area contributed by atoms with E-state index in [1.165, 1.54) is 16.8 Å². The highest BCUT2D eigenvalue weighted by atomic mass is 16.6. The molecule has 2 aromatic carbocycles. The fourth-order valence-electron chi connectivity index (χ4n) is 7.13. The molecular formula is C33H38N6O3. The molecule has 0 N–H and O–H groups in total. The molecule has 5 heterocycles. The van der Waals surface area contributed by atoms with Crippen molar-refractivity contribution in [3.05, 3.63) is 65.3 Å². The Morgan fingerprint density at radius 3 is 2.79 bits per heavy atom. The second-order valence-electron chi connectivity index (χ2n) is 13.2. The van der Waals surface area contributed by atoms with Crippen LogP contribution in [-0.2, 0) is 16.0 Å². The zero-order chi connectivity index (χ0) is 30.1. The molecule has 0 unspecified atom stereocenters. The molecule has 9 nitrogen and oxygen atoms in total. The Morgan fingerprint density at radius 1 is 1.17 bits per heavy atom. The Morgan fingerprint density at radius 2 is 2.00 bits per heavy atom. The summed E-state index contributed by atoms with van der Waals surface area (Å²) in [6, 6.07) is 17.2. The maximum absolute atomic E-state index is 12.7. The van der Waals surface area contributed by atoms with Gasteiger partial charge in [0.2, 0.25) is 0 Å². The van der Waals surface area contributed by atoms with E-state index in [-0.39, 0.29) is 23.9 Å². The average Bonchev–Trinajstić information content (AvgIpc) is 3.33. The van der Waals surface area contributed by atoms with Gasteiger partial charge >= 0.3 is 6.09 Å². The van der Waals surface area contributed by atoms with Crippen LogP contribution in [0.25, 0.3) is 10.9 Å². The third kappa shape index (κ3) is 4.63. The summed E-state index contributed by atoms with van der Waals surface area (Å²) in [5.41, 5.74) is 5.23. The molecule has 0 saturated carbocycles. The van der Waals surface area contributed by atoms with Crippen molar-refractivity contribution in [1.29, 1.82) is 5.26 Å². The van der Waals surface area contributed by atoms with Crippen LogP contribution >= 0.6 is 0 Å². The number of piperazine rings is 1. The van der Waals surface area contributed by atoms with Gasteiger partial charge in [-0.15, -0.1) is 0 Å². The number of anilines is 2. The predicted molar refractivity (Wildman–Crippen MR) is 162 cm³/mol. The van der Waals surface area contributed by atoms with Gasteiger partial charge in [0.1, 0.15) is 17.3 Å². The van der Waals surface area contributed by atoms with E-state index in [9.17, 15) is 10.1 Å². The number of pyridine rings is 1. The summed E-state index contributed by atoms with van der Waals surface area (Å²) in [7, 11) is 0. The molecule has 9 heteroatoms. The minimum atomic E-state index is -0.514. The standard InChI is InChI=1S/C33H38N6O3/c1-22-16-37(28-10-7-23(15-34)30-27(28)6-5-11-35-30)18-29-26-9-8-25(14-24(26)17-39(22)29)38-20-33(21-38)19-36(12-13-41-33)31(40)42-32(2,3)4/h5-11,14,22,29H,12-13,16-21H2,1-4H3/t22-,29-/m1/s1/i11D. The number of morpholine rings is 1. The van der Waals surface area contributed by atoms with Crippen LogP contribution in [-0.4, -0.2) is 84.0 Å². The van der Waals surface area contributed by atoms with Crippen LogP contribution in [0.2, 0.25) is 0 Å². The van der Waals surface area contributed by atoms with E-state index in [1.807, 2.05) is 39.0 Å². The fraction of sp³-hybridized carbons (Fsp3) is 0.485. The van der Waals surface area contributed by atoms with Gasteiger partial charge in [0.15, 0.2) is 0 Å². The number of nitrogens with zero attached hydrogens (tertiary/aromatic N) is 6. The van der Waals surface area contributed by atoms with E-state index in [4.69, 9.17) is 10.8 Å². The molecule has 3 aromatic rings. The molecule has 4 aliphatic rings. The molecular weight excluding hydrogens is 528 g/mol. The second kappa shape index (κ2) is 9.85. The molecule has 42 heavy (non-hydrogen) atoms. The van der Waals surface area contributed by atoms with Crippen molar-refractivity contribution in [2.24, 2.45) is 0 Å². The number of rotatable bonds is 2. The highest BCUT2D eigenvalue weighted by molar-refractivity contribution is 5.95. The van der Waals surface area contributed by atoms with Gasteiger partial charge in [0.05, 0.1) is 44.7 Å². The van der Waals surface area contributed by atoms with E-state index >= 15 is 0 Å². The average molecular weight is 568 g/mol. The van der Waals surface area contributed by atoms with Crippen molar-refractivity contribution < 1.29 is 15.6 Å². The minimum absolute atomic E-state index is 0.170. The number of nitriles is 1. The van der Waals surface area contributed by atoms with E-state index in [2.05, 4.69) is 50.9 Å². The largest absolute Gasteiger partial charge is 0.444 e.